The number of carbonyl (C=O) groups excluding carboxylic acids is 1. The molecule has 2 unspecified atom stereocenters. The number of carbonyl (C=O) groups is 1. The summed E-state index contributed by atoms with van der Waals surface area (Å²) in [6.45, 7) is 0.833. The molecule has 1 aliphatic carbocycles. The maximum atomic E-state index is 11.8. The number of hydrogen-bond acceptors (Lipinski definition) is 3. The summed E-state index contributed by atoms with van der Waals surface area (Å²) >= 11 is 0. The third-order valence-electron chi connectivity index (χ3n) is 3.92. The van der Waals surface area contributed by atoms with E-state index in [9.17, 15) is 9.90 Å². The first-order chi connectivity index (χ1) is 9.72. The number of nitrogens with one attached hydrogen (secondary N) is 2. The van der Waals surface area contributed by atoms with Crippen molar-refractivity contribution in [2.24, 2.45) is 11.8 Å². The predicted octanol–water partition coefficient (Wildman–Crippen LogP) is 2.23. The zero-order valence-electron chi connectivity index (χ0n) is 11.8. The molecule has 1 saturated carbocycles. The van der Waals surface area contributed by atoms with Crippen molar-refractivity contribution in [3.05, 3.63) is 24.3 Å². The lowest BCUT2D eigenvalue weighted by Crippen LogP contribution is -2.34. The molecule has 0 spiro atoms. The molecular formula is C15H22N2O3. The van der Waals surface area contributed by atoms with Gasteiger partial charge in [0, 0.05) is 18.8 Å². The quantitative estimate of drug-likeness (QED) is 0.773. The molecular weight excluding hydrogens is 256 g/mol. The number of anilines is 1. The molecule has 2 amide bonds. The summed E-state index contributed by atoms with van der Waals surface area (Å²) < 4.78 is 5.06. The molecule has 0 aromatic heterocycles. The summed E-state index contributed by atoms with van der Waals surface area (Å²) in [7, 11) is 1.61. The monoisotopic (exact) mass is 278 g/mol. The van der Waals surface area contributed by atoms with E-state index in [1.54, 1.807) is 31.4 Å². The molecule has 3 N–H and O–H groups in total. The van der Waals surface area contributed by atoms with Crippen molar-refractivity contribution in [2.45, 2.75) is 19.3 Å². The summed E-state index contributed by atoms with van der Waals surface area (Å²) in [6.07, 6.45) is 3.27. The first-order valence-corrected chi connectivity index (χ1v) is 7.02. The van der Waals surface area contributed by atoms with Crippen molar-refractivity contribution in [3.63, 3.8) is 0 Å². The van der Waals surface area contributed by atoms with Crippen LogP contribution < -0.4 is 15.4 Å². The van der Waals surface area contributed by atoms with Crippen LogP contribution in [0.15, 0.2) is 24.3 Å². The lowest BCUT2D eigenvalue weighted by atomic mass is 9.97. The molecule has 110 valence electrons. The maximum absolute atomic E-state index is 11.8. The average molecular weight is 278 g/mol. The Morgan fingerprint density at radius 1 is 1.30 bits per heavy atom. The van der Waals surface area contributed by atoms with Crippen molar-refractivity contribution >= 4 is 11.7 Å². The van der Waals surface area contributed by atoms with Gasteiger partial charge in [-0.15, -0.1) is 0 Å². The van der Waals surface area contributed by atoms with Crippen LogP contribution in [0.5, 0.6) is 5.75 Å². The SMILES string of the molecule is COc1ccc(NC(=O)NCC2CCCC2CO)cc1. The Morgan fingerprint density at radius 3 is 2.65 bits per heavy atom. The van der Waals surface area contributed by atoms with Crippen molar-refractivity contribution in [2.75, 3.05) is 25.6 Å². The van der Waals surface area contributed by atoms with Gasteiger partial charge < -0.3 is 20.5 Å². The highest BCUT2D eigenvalue weighted by Gasteiger charge is 2.26. The van der Waals surface area contributed by atoms with Gasteiger partial charge in [-0.25, -0.2) is 4.79 Å². The summed E-state index contributed by atoms with van der Waals surface area (Å²) in [6, 6.07) is 6.98. The van der Waals surface area contributed by atoms with Crippen LogP contribution in [-0.2, 0) is 0 Å². The predicted molar refractivity (Wildman–Crippen MR) is 77.9 cm³/mol. The number of benzene rings is 1. The topological polar surface area (TPSA) is 70.6 Å². The molecule has 1 aliphatic rings. The molecule has 0 saturated heterocycles. The normalized spacial score (nSPS) is 21.5. The first-order valence-electron chi connectivity index (χ1n) is 7.02. The van der Waals surface area contributed by atoms with Gasteiger partial charge in [-0.3, -0.25) is 0 Å². The van der Waals surface area contributed by atoms with E-state index in [1.165, 1.54) is 0 Å². The smallest absolute Gasteiger partial charge is 0.319 e. The molecule has 20 heavy (non-hydrogen) atoms. The van der Waals surface area contributed by atoms with E-state index in [1.807, 2.05) is 0 Å². The zero-order chi connectivity index (χ0) is 14.4. The van der Waals surface area contributed by atoms with Crippen LogP contribution in [0.1, 0.15) is 19.3 Å². The van der Waals surface area contributed by atoms with E-state index in [4.69, 9.17) is 4.74 Å². The Bertz CT molecular complexity index is 433. The van der Waals surface area contributed by atoms with Gasteiger partial charge in [0.2, 0.25) is 0 Å². The van der Waals surface area contributed by atoms with Crippen molar-refractivity contribution in [3.8, 4) is 5.75 Å². The maximum Gasteiger partial charge on any atom is 0.319 e. The first kappa shape index (κ1) is 14.7. The average Bonchev–Trinajstić information content (AvgIpc) is 2.93. The van der Waals surface area contributed by atoms with Crippen LogP contribution in [0.2, 0.25) is 0 Å². The van der Waals surface area contributed by atoms with E-state index >= 15 is 0 Å². The Kier molecular flexibility index (Phi) is 5.24. The molecule has 5 heteroatoms. The number of amides is 2. The minimum atomic E-state index is -0.209. The van der Waals surface area contributed by atoms with Gasteiger partial charge in [0.15, 0.2) is 0 Å². The van der Waals surface area contributed by atoms with Gasteiger partial charge in [0.05, 0.1) is 7.11 Å². The van der Waals surface area contributed by atoms with Crippen molar-refractivity contribution in [1.82, 2.24) is 5.32 Å². The Hall–Kier alpha value is -1.75. The molecule has 2 rings (SSSR count). The fourth-order valence-electron chi connectivity index (χ4n) is 2.70. The van der Waals surface area contributed by atoms with Gasteiger partial charge >= 0.3 is 6.03 Å². The van der Waals surface area contributed by atoms with Gasteiger partial charge in [-0.1, -0.05) is 6.42 Å². The highest BCUT2D eigenvalue weighted by Crippen LogP contribution is 2.30. The molecule has 0 heterocycles. The van der Waals surface area contributed by atoms with Crippen LogP contribution >= 0.6 is 0 Å². The van der Waals surface area contributed by atoms with Crippen molar-refractivity contribution < 1.29 is 14.6 Å². The van der Waals surface area contributed by atoms with Gasteiger partial charge in [0.1, 0.15) is 5.75 Å². The highest BCUT2D eigenvalue weighted by atomic mass is 16.5. The van der Waals surface area contributed by atoms with Crippen LogP contribution in [-0.4, -0.2) is 31.4 Å². The van der Waals surface area contributed by atoms with Crippen LogP contribution in [0.3, 0.4) is 0 Å². The lowest BCUT2D eigenvalue weighted by Gasteiger charge is -2.18. The molecule has 5 nitrogen and oxygen atoms in total. The van der Waals surface area contributed by atoms with E-state index in [2.05, 4.69) is 10.6 Å². The fraction of sp³-hybridized carbons (Fsp3) is 0.533. The number of aliphatic hydroxyl groups excluding tert-OH is 1. The van der Waals surface area contributed by atoms with Crippen LogP contribution in [0.25, 0.3) is 0 Å². The molecule has 1 fully saturated rings. The largest absolute Gasteiger partial charge is 0.497 e. The Labute approximate surface area is 119 Å². The number of aliphatic hydroxyl groups is 1. The summed E-state index contributed by atoms with van der Waals surface area (Å²) in [5.74, 6) is 1.48. The molecule has 1 aromatic carbocycles. The van der Waals surface area contributed by atoms with Gasteiger partial charge in [-0.2, -0.15) is 0 Å². The summed E-state index contributed by atoms with van der Waals surface area (Å²) in [5, 5.41) is 14.9. The molecule has 0 radical (unpaired) electrons. The van der Waals surface area contributed by atoms with E-state index in [0.29, 0.717) is 18.4 Å². The number of methoxy groups -OCH3 is 1. The molecule has 0 bridgehead atoms. The van der Waals surface area contributed by atoms with Crippen LogP contribution in [0.4, 0.5) is 10.5 Å². The molecule has 0 aliphatic heterocycles. The summed E-state index contributed by atoms with van der Waals surface area (Å²) in [5.41, 5.74) is 0.730. The number of ether oxygens (including phenoxy) is 1. The number of hydrogen-bond donors (Lipinski definition) is 3. The van der Waals surface area contributed by atoms with Gasteiger partial charge in [0.25, 0.3) is 0 Å². The second-order valence-electron chi connectivity index (χ2n) is 5.20. The second-order valence-corrected chi connectivity index (χ2v) is 5.20. The van der Waals surface area contributed by atoms with Crippen molar-refractivity contribution in [1.29, 1.82) is 0 Å². The standard InChI is InChI=1S/C15H22N2O3/c1-20-14-7-5-13(6-8-14)17-15(19)16-9-11-3-2-4-12(11)10-18/h5-8,11-12,18H,2-4,9-10H2,1H3,(H2,16,17,19). The number of urea groups is 1. The second kappa shape index (κ2) is 7.14. The third kappa shape index (κ3) is 3.87. The fourth-order valence-corrected chi connectivity index (χ4v) is 2.70. The minimum absolute atomic E-state index is 0.209. The van der Waals surface area contributed by atoms with E-state index in [0.717, 1.165) is 30.7 Å². The Balaban J connectivity index is 1.77. The van der Waals surface area contributed by atoms with Gasteiger partial charge in [-0.05, 0) is 48.9 Å². The Morgan fingerprint density at radius 2 is 2.00 bits per heavy atom. The highest BCUT2D eigenvalue weighted by molar-refractivity contribution is 5.89. The molecule has 2 atom stereocenters. The summed E-state index contributed by atoms with van der Waals surface area (Å²) in [4.78, 5) is 11.8. The molecule has 1 aromatic rings. The van der Waals surface area contributed by atoms with E-state index < -0.39 is 0 Å². The van der Waals surface area contributed by atoms with E-state index in [-0.39, 0.29) is 12.6 Å². The van der Waals surface area contributed by atoms with Crippen LogP contribution in [0, 0.1) is 11.8 Å². The minimum Gasteiger partial charge on any atom is -0.497 e. The third-order valence-corrected chi connectivity index (χ3v) is 3.92. The number of rotatable bonds is 5. The lowest BCUT2D eigenvalue weighted by molar-refractivity contribution is 0.192. The zero-order valence-corrected chi connectivity index (χ0v) is 11.8.